The number of carbonyl (C=O) groups excluding carboxylic acids is 2. The number of aliphatic hydroxyl groups excluding tert-OH is 3. The molecule has 4 aliphatic rings. The maximum Gasteiger partial charge on any atom is 0.316 e. The predicted octanol–water partition coefficient (Wildman–Crippen LogP) is 24.1. The number of allylic oxidation sites excluding steroid dienone is 4. The van der Waals surface area contributed by atoms with E-state index in [9.17, 15) is 40.2 Å². The first kappa shape index (κ1) is 102. The summed E-state index contributed by atoms with van der Waals surface area (Å²) in [5, 5.41) is 58.1. The van der Waals surface area contributed by atoms with Gasteiger partial charge in [0.25, 0.3) is 0 Å². The number of likely N-dealkylation sites (N-methyl/N-ethyl adjacent to an activating group) is 3. The van der Waals surface area contributed by atoms with Crippen molar-refractivity contribution in [1.29, 1.82) is 0 Å². The summed E-state index contributed by atoms with van der Waals surface area (Å²) in [6.45, 7) is 27.5. The van der Waals surface area contributed by atoms with E-state index in [2.05, 4.69) is 256 Å². The Labute approximate surface area is 814 Å². The van der Waals surface area contributed by atoms with Gasteiger partial charge in [0.2, 0.25) is 0 Å². The van der Waals surface area contributed by atoms with Crippen molar-refractivity contribution in [2.45, 2.75) is 131 Å². The first-order valence-corrected chi connectivity index (χ1v) is 49.0. The van der Waals surface area contributed by atoms with Crippen molar-refractivity contribution in [2.75, 3.05) is 125 Å². The highest BCUT2D eigenvalue weighted by atomic mass is 16.5. The molecular formula is C122H142N5O10+. The fourth-order valence-corrected chi connectivity index (χ4v) is 18.6. The first-order chi connectivity index (χ1) is 66.0. The minimum absolute atomic E-state index is 0.159. The summed E-state index contributed by atoms with van der Waals surface area (Å²) >= 11 is 0. The van der Waals surface area contributed by atoms with E-state index >= 15 is 0 Å². The minimum Gasteiger partial charge on any atom is -0.508 e. The summed E-state index contributed by atoms with van der Waals surface area (Å²) in [6.07, 6.45) is 5.88. The molecule has 6 N–H and O–H groups in total. The molecular weight excluding hydrogens is 1700 g/mol. The molecule has 0 amide bonds. The van der Waals surface area contributed by atoms with Crippen molar-refractivity contribution in [2.24, 2.45) is 10.8 Å². The fraction of sp³-hybridized carbons (Fsp3) is 0.328. The number of aliphatic hydroxyl groups is 3. The number of phenolic OH excluding ortho intramolecular Hbond substituents is 3. The number of hydrogen-bond acceptors (Lipinski definition) is 14. The summed E-state index contributed by atoms with van der Waals surface area (Å²) in [5.41, 5.74) is 27.2. The van der Waals surface area contributed by atoms with Gasteiger partial charge in [0.1, 0.15) is 23.0 Å². The van der Waals surface area contributed by atoms with Gasteiger partial charge in [0.15, 0.2) is 0 Å². The average Bonchev–Trinajstić information content (AvgIpc) is 0.781. The van der Waals surface area contributed by atoms with E-state index in [1.54, 1.807) is 36.4 Å². The van der Waals surface area contributed by atoms with Crippen LogP contribution in [0.5, 0.6) is 23.0 Å². The van der Waals surface area contributed by atoms with E-state index in [4.69, 9.17) is 9.47 Å². The predicted molar refractivity (Wildman–Crippen MR) is 564 cm³/mol. The number of benzene rings is 12. The molecule has 4 heterocycles. The van der Waals surface area contributed by atoms with E-state index in [0.29, 0.717) is 61.8 Å². The number of likely N-dealkylation sites (tertiary alicyclic amines) is 3. The zero-order valence-corrected chi connectivity index (χ0v) is 82.4. The molecule has 4 fully saturated rings. The van der Waals surface area contributed by atoms with Gasteiger partial charge in [-0.3, -0.25) is 14.5 Å². The molecule has 4 saturated heterocycles. The number of aromatic hydroxyl groups is 3. The molecule has 714 valence electrons. The third-order valence-electron chi connectivity index (χ3n) is 26.5. The molecule has 0 bridgehead atoms. The summed E-state index contributed by atoms with van der Waals surface area (Å²) in [5.74, 6) is 2.71. The molecule has 0 radical (unpaired) electrons. The van der Waals surface area contributed by atoms with E-state index in [1.807, 2.05) is 126 Å². The Morgan fingerprint density at radius 2 is 0.628 bits per heavy atom. The number of ether oxygens (including phenoxy) is 2. The van der Waals surface area contributed by atoms with Crippen LogP contribution in [0.4, 0.5) is 5.69 Å². The number of phenols is 3. The third-order valence-corrected chi connectivity index (χ3v) is 26.5. The molecule has 137 heavy (non-hydrogen) atoms. The van der Waals surface area contributed by atoms with Crippen LogP contribution in [0, 0.1) is 10.8 Å². The lowest BCUT2D eigenvalue weighted by atomic mass is 9.85. The maximum atomic E-state index is 12.5. The third kappa shape index (κ3) is 28.1. The van der Waals surface area contributed by atoms with Gasteiger partial charge in [-0.2, -0.15) is 0 Å². The number of piperazine rings is 1. The Hall–Kier alpha value is -12.5. The van der Waals surface area contributed by atoms with Crippen molar-refractivity contribution in [3.63, 3.8) is 0 Å². The van der Waals surface area contributed by atoms with Gasteiger partial charge in [-0.25, -0.2) is 0 Å². The number of quaternary nitrogens is 1. The number of rotatable bonds is 31. The van der Waals surface area contributed by atoms with E-state index < -0.39 is 10.8 Å². The van der Waals surface area contributed by atoms with Crippen molar-refractivity contribution in [3.05, 3.63) is 399 Å². The standard InChI is InChI=1S/C38H48N2O4.C29H33NO2.C28H31NO2.C27H29NO2/c1-37(2,3)35(41)43-27-11-14-33(28-12-9-8-10-13-28)34(30-17-21-32(22-18-30)44-36(42)38(4,5)6)29-15-19-31(20-16-29)40-25-23-39(7)24-26-40;1-21(2)30-19-26(20-30)22-10-12-24(13-11-22)29(25-14-16-27(32)17-15-25)28(9-6-18-31)23-7-4-3-5-8-23;1-29(2)19-25(20-29)21-10-12-23(13-11-21)28(24-14-16-26(31)17-15-24)27(9-6-18-30)22-7-4-3-5-8-22;1-28-18-24(19-28)20-9-11-22(12-10-20)27(23-13-15-25(30)16-14-23)26(8-5-17-29)21-6-3-2-4-7-21/h8-10,12-13,15-22H,11,14,23-27H2,1-7H3;3-5,7-8,10-17,21,26,31-32H,6,9,18-20H2,1-2H3;3-5,7-8,10-17,25,30H,6,9,18-20H2,1-2H3;2-4,6-7,9-16,24,29-30H,5,8,17-19H2,1H3/p+1/b34-33+;29-28+;28-27+;27-26+. The van der Waals surface area contributed by atoms with Gasteiger partial charge >= 0.3 is 11.9 Å². The Morgan fingerprint density at radius 1 is 0.343 bits per heavy atom. The molecule has 0 unspecified atom stereocenters. The van der Waals surface area contributed by atoms with Gasteiger partial charge in [0.05, 0.1) is 50.5 Å². The lowest BCUT2D eigenvalue weighted by Gasteiger charge is -2.44. The van der Waals surface area contributed by atoms with Crippen LogP contribution in [0.2, 0.25) is 0 Å². The highest BCUT2D eigenvalue weighted by molar-refractivity contribution is 6.02. The summed E-state index contributed by atoms with van der Waals surface area (Å²) in [4.78, 5) is 34.6. The van der Waals surface area contributed by atoms with Crippen LogP contribution in [0.15, 0.2) is 315 Å². The highest BCUT2D eigenvalue weighted by Crippen LogP contribution is 2.44. The number of carbonyl (C=O) groups is 2. The lowest BCUT2D eigenvalue weighted by Crippen LogP contribution is -2.56. The fourth-order valence-electron chi connectivity index (χ4n) is 18.6. The van der Waals surface area contributed by atoms with Crippen LogP contribution in [0.1, 0.15) is 208 Å². The SMILES string of the molecule is CC(C)N1CC(c2ccc(/C(=C(/CCCO)c3ccccc3)c3ccc(O)cc3)cc2)C1.CN1CC(c2ccc(/C(=C(/CCCO)c3ccccc3)c3ccc(O)cc3)cc2)C1.CN1CCN(c2ccc(/C(=C(/CCCOC(=O)C(C)(C)C)c3ccccc3)c3ccc(OC(=O)C(C)(C)C)cc3)cc2)CC1.C[N+]1(C)CC(c2ccc(/C(=C(/CCCO)c3ccccc3)c3ccc(O)cc3)cc2)C1. The second kappa shape index (κ2) is 48.5. The molecule has 12 aromatic rings. The zero-order valence-electron chi connectivity index (χ0n) is 82.4. The van der Waals surface area contributed by atoms with Gasteiger partial charge in [-0.1, -0.05) is 255 Å². The van der Waals surface area contributed by atoms with Crippen LogP contribution < -0.4 is 9.64 Å². The second-order valence-corrected chi connectivity index (χ2v) is 40.0. The van der Waals surface area contributed by atoms with Crippen molar-refractivity contribution in [1.82, 2.24) is 14.7 Å². The van der Waals surface area contributed by atoms with Crippen LogP contribution in [-0.4, -0.2) is 188 Å². The van der Waals surface area contributed by atoms with Gasteiger partial charge in [0, 0.05) is 95.7 Å². The molecule has 15 nitrogen and oxygen atoms in total. The normalized spacial score (nSPS) is 15.6. The highest BCUT2D eigenvalue weighted by Gasteiger charge is 2.38. The van der Waals surface area contributed by atoms with Gasteiger partial charge in [-0.05, 0) is 310 Å². The molecule has 0 aromatic heterocycles. The van der Waals surface area contributed by atoms with Crippen molar-refractivity contribution >= 4 is 62.2 Å². The van der Waals surface area contributed by atoms with E-state index in [0.717, 1.165) is 149 Å². The molecule has 4 aliphatic heterocycles. The molecule has 16 rings (SSSR count). The Balaban J connectivity index is 0.000000156. The first-order valence-electron chi connectivity index (χ1n) is 49.0. The minimum atomic E-state index is -0.591. The number of nitrogens with zero attached hydrogens (tertiary/aromatic N) is 5. The Bertz CT molecular complexity index is 5940. The van der Waals surface area contributed by atoms with Crippen molar-refractivity contribution in [3.8, 4) is 23.0 Å². The van der Waals surface area contributed by atoms with Gasteiger partial charge in [-0.15, -0.1) is 0 Å². The Morgan fingerprint density at radius 3 is 0.920 bits per heavy atom. The number of hydrogen-bond donors (Lipinski definition) is 6. The summed E-state index contributed by atoms with van der Waals surface area (Å²) in [6, 6.07) is 108. The largest absolute Gasteiger partial charge is 0.508 e. The maximum absolute atomic E-state index is 12.5. The topological polar surface area (TPSA) is 187 Å². The average molecular weight is 1840 g/mol. The van der Waals surface area contributed by atoms with Crippen LogP contribution >= 0.6 is 0 Å². The quantitative estimate of drug-likeness (QED) is 0.00792. The van der Waals surface area contributed by atoms with E-state index in [1.165, 1.54) is 80.0 Å². The van der Waals surface area contributed by atoms with Crippen LogP contribution in [0.3, 0.4) is 0 Å². The molecule has 0 saturated carbocycles. The number of anilines is 1. The lowest BCUT2D eigenvalue weighted by molar-refractivity contribution is -0.932. The summed E-state index contributed by atoms with van der Waals surface area (Å²) in [7, 11) is 8.89. The molecule has 0 aliphatic carbocycles. The van der Waals surface area contributed by atoms with Crippen molar-refractivity contribution < 1.29 is 54.2 Å². The van der Waals surface area contributed by atoms with Crippen LogP contribution in [-0.2, 0) is 14.3 Å². The molecule has 12 aromatic carbocycles. The van der Waals surface area contributed by atoms with E-state index in [-0.39, 0.29) is 49.0 Å². The van der Waals surface area contributed by atoms with Crippen LogP contribution in [0.25, 0.3) is 44.6 Å². The molecule has 0 spiro atoms. The van der Waals surface area contributed by atoms with Gasteiger partial charge < -0.3 is 59.3 Å². The number of esters is 2. The molecule has 15 heteroatoms. The second-order valence-electron chi connectivity index (χ2n) is 40.0. The smallest absolute Gasteiger partial charge is 0.316 e. The summed E-state index contributed by atoms with van der Waals surface area (Å²) < 4.78 is 12.4. The monoisotopic (exact) mass is 1840 g/mol. The zero-order chi connectivity index (χ0) is 97.2. The molecule has 0 atom stereocenters. The Kier molecular flexibility index (Phi) is 36.0.